The molecule has 4 heteroatoms. The summed E-state index contributed by atoms with van der Waals surface area (Å²) in [4.78, 5) is 14.4. The lowest BCUT2D eigenvalue weighted by molar-refractivity contribution is 0.0380. The van der Waals surface area contributed by atoms with Gasteiger partial charge in [-0.1, -0.05) is 19.3 Å². The van der Waals surface area contributed by atoms with Crippen LogP contribution in [0.25, 0.3) is 0 Å². The van der Waals surface area contributed by atoms with E-state index in [1.165, 1.54) is 50.7 Å². The summed E-state index contributed by atoms with van der Waals surface area (Å²) in [6, 6.07) is 3.76. The number of hydrogen-bond acceptors (Lipinski definition) is 2. The lowest BCUT2D eigenvalue weighted by atomic mass is 9.69. The van der Waals surface area contributed by atoms with Gasteiger partial charge in [-0.2, -0.15) is 0 Å². The van der Waals surface area contributed by atoms with Gasteiger partial charge in [-0.25, -0.2) is 4.39 Å². The van der Waals surface area contributed by atoms with Crippen LogP contribution in [0.1, 0.15) is 55.3 Å². The van der Waals surface area contributed by atoms with E-state index in [9.17, 15) is 14.3 Å². The van der Waals surface area contributed by atoms with Crippen LogP contribution in [0.15, 0.2) is 18.2 Å². The van der Waals surface area contributed by atoms with Crippen LogP contribution in [-0.4, -0.2) is 29.0 Å². The number of piperidine rings is 1. The minimum absolute atomic E-state index is 0.0701. The van der Waals surface area contributed by atoms with Gasteiger partial charge in [-0.15, -0.1) is 0 Å². The average molecular weight is 291 g/mol. The van der Waals surface area contributed by atoms with Gasteiger partial charge in [0.2, 0.25) is 0 Å². The highest BCUT2D eigenvalue weighted by Gasteiger charge is 2.38. The number of carbonyl (C=O) groups excluding carboxylic acids is 1. The zero-order valence-corrected chi connectivity index (χ0v) is 12.3. The maximum Gasteiger partial charge on any atom is 0.256 e. The summed E-state index contributed by atoms with van der Waals surface area (Å²) < 4.78 is 13.9. The van der Waals surface area contributed by atoms with E-state index < -0.39 is 5.82 Å². The number of aromatic hydroxyl groups is 1. The second-order valence-corrected chi connectivity index (χ2v) is 6.56. The summed E-state index contributed by atoms with van der Waals surface area (Å²) in [5.41, 5.74) is 0.334. The second-order valence-electron chi connectivity index (χ2n) is 6.56. The molecule has 1 spiro atoms. The number of carbonyl (C=O) groups is 1. The van der Waals surface area contributed by atoms with Crippen molar-refractivity contribution in [1.82, 2.24) is 4.90 Å². The predicted molar refractivity (Wildman–Crippen MR) is 78.7 cm³/mol. The maximum atomic E-state index is 13.9. The molecule has 0 bridgehead atoms. The summed E-state index contributed by atoms with van der Waals surface area (Å²) in [5, 5.41) is 9.26. The Morgan fingerprint density at radius 3 is 2.57 bits per heavy atom. The molecular weight excluding hydrogens is 269 g/mol. The van der Waals surface area contributed by atoms with E-state index in [4.69, 9.17) is 0 Å². The Hall–Kier alpha value is -1.58. The first-order valence-electron chi connectivity index (χ1n) is 7.88. The minimum atomic E-state index is -0.636. The number of phenolic OH excluding ortho intramolecular Hbond substituents is 1. The third-order valence-corrected chi connectivity index (χ3v) is 5.05. The number of rotatable bonds is 1. The third kappa shape index (κ3) is 2.89. The Morgan fingerprint density at radius 2 is 1.86 bits per heavy atom. The number of nitrogens with zero attached hydrogens (tertiary/aromatic N) is 1. The van der Waals surface area contributed by atoms with Crippen LogP contribution < -0.4 is 0 Å². The zero-order chi connectivity index (χ0) is 14.9. The molecule has 1 aromatic carbocycles. The SMILES string of the molecule is O=C(c1ccc(O)cc1F)N1CCCC2(CCCCC2)C1. The number of hydrogen-bond donors (Lipinski definition) is 1. The molecule has 1 heterocycles. The van der Waals surface area contributed by atoms with Crippen molar-refractivity contribution in [3.8, 4) is 5.75 Å². The molecule has 1 saturated heterocycles. The lowest BCUT2D eigenvalue weighted by Crippen LogP contribution is -2.47. The smallest absolute Gasteiger partial charge is 0.256 e. The first kappa shape index (κ1) is 14.4. The van der Waals surface area contributed by atoms with Crippen LogP contribution in [0.5, 0.6) is 5.75 Å². The molecule has 2 aliphatic rings. The molecule has 1 aromatic rings. The molecule has 0 radical (unpaired) electrons. The van der Waals surface area contributed by atoms with Gasteiger partial charge in [0.15, 0.2) is 0 Å². The van der Waals surface area contributed by atoms with Crippen LogP contribution in [0.3, 0.4) is 0 Å². The summed E-state index contributed by atoms with van der Waals surface area (Å²) in [5.74, 6) is -1.02. The molecule has 3 rings (SSSR count). The Bertz CT molecular complexity index is 532. The fraction of sp³-hybridized carbons (Fsp3) is 0.588. The van der Waals surface area contributed by atoms with Crippen molar-refractivity contribution in [3.63, 3.8) is 0 Å². The summed E-state index contributed by atoms with van der Waals surface area (Å²) in [6.07, 6.45) is 8.36. The monoisotopic (exact) mass is 291 g/mol. The Labute approximate surface area is 124 Å². The number of likely N-dealkylation sites (tertiary alicyclic amines) is 1. The fourth-order valence-corrected chi connectivity index (χ4v) is 3.94. The van der Waals surface area contributed by atoms with Gasteiger partial charge in [-0.05, 0) is 43.2 Å². The summed E-state index contributed by atoms with van der Waals surface area (Å²) in [7, 11) is 0. The van der Waals surface area contributed by atoms with Gasteiger partial charge in [0.05, 0.1) is 5.56 Å². The molecule has 3 nitrogen and oxygen atoms in total. The van der Waals surface area contributed by atoms with Crippen molar-refractivity contribution < 1.29 is 14.3 Å². The van der Waals surface area contributed by atoms with Gasteiger partial charge in [-0.3, -0.25) is 4.79 Å². The van der Waals surface area contributed by atoms with Crippen molar-refractivity contribution in [3.05, 3.63) is 29.6 Å². The van der Waals surface area contributed by atoms with E-state index in [0.29, 0.717) is 6.54 Å². The van der Waals surface area contributed by atoms with Gasteiger partial charge in [0.1, 0.15) is 11.6 Å². The number of benzene rings is 1. The molecule has 21 heavy (non-hydrogen) atoms. The highest BCUT2D eigenvalue weighted by molar-refractivity contribution is 5.94. The molecule has 114 valence electrons. The van der Waals surface area contributed by atoms with Crippen LogP contribution in [0.2, 0.25) is 0 Å². The quantitative estimate of drug-likeness (QED) is 0.856. The largest absolute Gasteiger partial charge is 0.508 e. The van der Waals surface area contributed by atoms with Gasteiger partial charge in [0, 0.05) is 19.2 Å². The number of amides is 1. The van der Waals surface area contributed by atoms with Crippen LogP contribution >= 0.6 is 0 Å². The van der Waals surface area contributed by atoms with Crippen molar-refractivity contribution in [2.45, 2.75) is 44.9 Å². The van der Waals surface area contributed by atoms with Crippen molar-refractivity contribution in [2.24, 2.45) is 5.41 Å². The van der Waals surface area contributed by atoms with E-state index in [0.717, 1.165) is 19.0 Å². The molecule has 1 aliphatic carbocycles. The molecule has 0 unspecified atom stereocenters. The number of phenols is 1. The highest BCUT2D eigenvalue weighted by Crippen LogP contribution is 2.43. The molecule has 2 fully saturated rings. The third-order valence-electron chi connectivity index (χ3n) is 5.05. The maximum absolute atomic E-state index is 13.9. The van der Waals surface area contributed by atoms with Gasteiger partial charge < -0.3 is 10.0 Å². The van der Waals surface area contributed by atoms with E-state index in [-0.39, 0.29) is 22.6 Å². The zero-order valence-electron chi connectivity index (χ0n) is 12.3. The second kappa shape index (κ2) is 5.66. The van der Waals surface area contributed by atoms with Crippen molar-refractivity contribution >= 4 is 5.91 Å². The highest BCUT2D eigenvalue weighted by atomic mass is 19.1. The minimum Gasteiger partial charge on any atom is -0.508 e. The number of halogens is 1. The summed E-state index contributed by atoms with van der Waals surface area (Å²) >= 11 is 0. The normalized spacial score (nSPS) is 21.5. The molecule has 0 atom stereocenters. The molecule has 0 aromatic heterocycles. The van der Waals surface area contributed by atoms with Crippen LogP contribution in [0, 0.1) is 11.2 Å². The van der Waals surface area contributed by atoms with Gasteiger partial charge in [0.25, 0.3) is 5.91 Å². The fourth-order valence-electron chi connectivity index (χ4n) is 3.94. The van der Waals surface area contributed by atoms with Gasteiger partial charge >= 0.3 is 0 Å². The topological polar surface area (TPSA) is 40.5 Å². The first-order valence-corrected chi connectivity index (χ1v) is 7.88. The van der Waals surface area contributed by atoms with Crippen molar-refractivity contribution in [2.75, 3.05) is 13.1 Å². The first-order chi connectivity index (χ1) is 10.1. The Balaban J connectivity index is 1.77. The summed E-state index contributed by atoms with van der Waals surface area (Å²) in [6.45, 7) is 1.47. The van der Waals surface area contributed by atoms with Crippen molar-refractivity contribution in [1.29, 1.82) is 0 Å². The van der Waals surface area contributed by atoms with Crippen LogP contribution in [-0.2, 0) is 0 Å². The van der Waals surface area contributed by atoms with E-state index in [1.807, 2.05) is 4.90 Å². The molecule has 1 aliphatic heterocycles. The molecule has 1 amide bonds. The van der Waals surface area contributed by atoms with E-state index in [2.05, 4.69) is 0 Å². The standard InChI is InChI=1S/C17H22FNO2/c18-15-11-13(20)5-6-14(15)16(21)19-10-4-9-17(12-19)7-2-1-3-8-17/h5-6,11,20H,1-4,7-10,12H2. The predicted octanol–water partition coefficient (Wildman–Crippen LogP) is 3.72. The molecule has 1 N–H and O–H groups in total. The Morgan fingerprint density at radius 1 is 1.14 bits per heavy atom. The lowest BCUT2D eigenvalue weighted by Gasteiger charge is -2.45. The van der Waals surface area contributed by atoms with E-state index in [1.54, 1.807) is 0 Å². The molecule has 1 saturated carbocycles. The van der Waals surface area contributed by atoms with Crippen LogP contribution in [0.4, 0.5) is 4.39 Å². The average Bonchev–Trinajstić information content (AvgIpc) is 2.47. The van der Waals surface area contributed by atoms with E-state index >= 15 is 0 Å². The molecular formula is C17H22FNO2. The Kier molecular flexibility index (Phi) is 3.87.